The van der Waals surface area contributed by atoms with Crippen molar-refractivity contribution in [2.45, 2.75) is 40.3 Å². The van der Waals surface area contributed by atoms with Crippen molar-refractivity contribution >= 4 is 11.3 Å². The highest BCUT2D eigenvalue weighted by Crippen LogP contribution is 2.30. The summed E-state index contributed by atoms with van der Waals surface area (Å²) in [5, 5.41) is 8.56. The first-order chi connectivity index (χ1) is 13.6. The van der Waals surface area contributed by atoms with Gasteiger partial charge in [-0.05, 0) is 37.5 Å². The Kier molecular flexibility index (Phi) is 5.90. The Morgan fingerprint density at radius 3 is 2.43 bits per heavy atom. The van der Waals surface area contributed by atoms with E-state index >= 15 is 0 Å². The Morgan fingerprint density at radius 2 is 1.75 bits per heavy atom. The van der Waals surface area contributed by atoms with Crippen molar-refractivity contribution < 1.29 is 4.42 Å². The lowest BCUT2D eigenvalue weighted by Crippen LogP contribution is -2.45. The molecule has 0 saturated carbocycles. The summed E-state index contributed by atoms with van der Waals surface area (Å²) < 4.78 is 5.95. The SMILES string of the molecule is CCc1sc(-c2nnc(CN3CCN(Cc4cccc(C)c4)CC3)o2)cc1C. The molecule has 28 heavy (non-hydrogen) atoms. The van der Waals surface area contributed by atoms with E-state index < -0.39 is 0 Å². The lowest BCUT2D eigenvalue weighted by molar-refractivity contribution is 0.114. The van der Waals surface area contributed by atoms with Crippen LogP contribution in [0.15, 0.2) is 34.7 Å². The van der Waals surface area contributed by atoms with Crippen LogP contribution in [-0.2, 0) is 19.5 Å². The molecule has 0 bridgehead atoms. The van der Waals surface area contributed by atoms with Crippen LogP contribution in [0, 0.1) is 13.8 Å². The fourth-order valence-corrected chi connectivity index (χ4v) is 4.79. The molecular formula is C22H28N4OS. The Labute approximate surface area is 171 Å². The highest BCUT2D eigenvalue weighted by Gasteiger charge is 2.20. The molecule has 5 nitrogen and oxygen atoms in total. The molecule has 1 fully saturated rings. The molecule has 3 heterocycles. The van der Waals surface area contributed by atoms with E-state index in [1.807, 2.05) is 0 Å². The van der Waals surface area contributed by atoms with Gasteiger partial charge in [0, 0.05) is 37.6 Å². The summed E-state index contributed by atoms with van der Waals surface area (Å²) >= 11 is 1.76. The molecule has 2 aromatic heterocycles. The molecule has 148 valence electrons. The van der Waals surface area contributed by atoms with Crippen molar-refractivity contribution in [3.05, 3.63) is 57.8 Å². The Hall–Kier alpha value is -2.02. The van der Waals surface area contributed by atoms with E-state index in [0.29, 0.717) is 11.8 Å². The smallest absolute Gasteiger partial charge is 0.257 e. The highest BCUT2D eigenvalue weighted by atomic mass is 32.1. The summed E-state index contributed by atoms with van der Waals surface area (Å²) in [5.74, 6) is 1.37. The summed E-state index contributed by atoms with van der Waals surface area (Å²) in [6.07, 6.45) is 1.05. The van der Waals surface area contributed by atoms with Gasteiger partial charge in [0.2, 0.25) is 5.89 Å². The fourth-order valence-electron chi connectivity index (χ4n) is 3.76. The molecule has 1 aromatic carbocycles. The molecule has 0 radical (unpaired) electrons. The van der Waals surface area contributed by atoms with E-state index in [4.69, 9.17) is 4.42 Å². The first-order valence-corrected chi connectivity index (χ1v) is 10.8. The second-order valence-corrected chi connectivity index (χ2v) is 8.75. The van der Waals surface area contributed by atoms with Gasteiger partial charge in [-0.25, -0.2) is 0 Å². The largest absolute Gasteiger partial charge is 0.419 e. The molecule has 0 spiro atoms. The number of nitrogens with zero attached hydrogens (tertiary/aromatic N) is 4. The minimum atomic E-state index is 0.654. The van der Waals surface area contributed by atoms with E-state index in [9.17, 15) is 0 Å². The second kappa shape index (κ2) is 8.55. The third kappa shape index (κ3) is 4.51. The van der Waals surface area contributed by atoms with Gasteiger partial charge < -0.3 is 4.42 Å². The second-order valence-electron chi connectivity index (χ2n) is 7.61. The van der Waals surface area contributed by atoms with Crippen LogP contribution in [0.2, 0.25) is 0 Å². The number of aryl methyl sites for hydroxylation is 3. The van der Waals surface area contributed by atoms with Gasteiger partial charge in [-0.15, -0.1) is 21.5 Å². The predicted molar refractivity (Wildman–Crippen MR) is 113 cm³/mol. The lowest BCUT2D eigenvalue weighted by Gasteiger charge is -2.34. The van der Waals surface area contributed by atoms with E-state index in [1.165, 1.54) is 21.6 Å². The van der Waals surface area contributed by atoms with Crippen molar-refractivity contribution in [3.63, 3.8) is 0 Å². The van der Waals surface area contributed by atoms with Gasteiger partial charge >= 0.3 is 0 Å². The molecular weight excluding hydrogens is 368 g/mol. The Bertz CT molecular complexity index is 924. The summed E-state index contributed by atoms with van der Waals surface area (Å²) in [5.41, 5.74) is 4.04. The molecule has 0 N–H and O–H groups in total. The molecule has 1 aliphatic heterocycles. The van der Waals surface area contributed by atoms with Gasteiger partial charge in [0.15, 0.2) is 0 Å². The van der Waals surface area contributed by atoms with E-state index in [2.05, 4.69) is 71.1 Å². The standard InChI is InChI=1S/C22H28N4OS/c1-4-19-17(3)13-20(28-19)22-24-23-21(27-22)15-26-10-8-25(9-11-26)14-18-7-5-6-16(2)12-18/h5-7,12-13H,4,8-11,14-15H2,1-3H3. The highest BCUT2D eigenvalue weighted by molar-refractivity contribution is 7.15. The van der Waals surface area contributed by atoms with Gasteiger partial charge in [0.05, 0.1) is 11.4 Å². The van der Waals surface area contributed by atoms with E-state index in [0.717, 1.165) is 50.6 Å². The quantitative estimate of drug-likeness (QED) is 0.622. The summed E-state index contributed by atoms with van der Waals surface area (Å²) in [6.45, 7) is 12.4. The summed E-state index contributed by atoms with van der Waals surface area (Å²) in [4.78, 5) is 7.39. The summed E-state index contributed by atoms with van der Waals surface area (Å²) in [6, 6.07) is 11.0. The molecule has 0 atom stereocenters. The molecule has 0 amide bonds. The van der Waals surface area contributed by atoms with Crippen LogP contribution in [0.5, 0.6) is 0 Å². The minimum absolute atomic E-state index is 0.654. The van der Waals surface area contributed by atoms with E-state index in [1.54, 1.807) is 11.3 Å². The zero-order chi connectivity index (χ0) is 19.5. The van der Waals surface area contributed by atoms with Crippen LogP contribution in [-0.4, -0.2) is 46.2 Å². The van der Waals surface area contributed by atoms with E-state index in [-0.39, 0.29) is 0 Å². The first kappa shape index (κ1) is 19.3. The number of benzene rings is 1. The van der Waals surface area contributed by atoms with Gasteiger partial charge in [-0.2, -0.15) is 0 Å². The molecule has 1 aliphatic rings. The zero-order valence-electron chi connectivity index (χ0n) is 16.9. The summed E-state index contributed by atoms with van der Waals surface area (Å²) in [7, 11) is 0. The zero-order valence-corrected chi connectivity index (χ0v) is 17.8. The molecule has 0 unspecified atom stereocenters. The van der Waals surface area contributed by atoms with Crippen molar-refractivity contribution in [2.75, 3.05) is 26.2 Å². The monoisotopic (exact) mass is 396 g/mol. The van der Waals surface area contributed by atoms with Gasteiger partial charge in [0.1, 0.15) is 0 Å². The van der Waals surface area contributed by atoms with Crippen molar-refractivity contribution in [1.82, 2.24) is 20.0 Å². The third-order valence-electron chi connectivity index (χ3n) is 5.33. The van der Waals surface area contributed by atoms with Crippen LogP contribution in [0.1, 0.15) is 34.4 Å². The fraction of sp³-hybridized carbons (Fsp3) is 0.455. The number of piperazine rings is 1. The van der Waals surface area contributed by atoms with Crippen LogP contribution >= 0.6 is 11.3 Å². The number of thiophene rings is 1. The first-order valence-electron chi connectivity index (χ1n) is 10.0. The topological polar surface area (TPSA) is 45.4 Å². The van der Waals surface area contributed by atoms with Crippen molar-refractivity contribution in [3.8, 4) is 10.8 Å². The van der Waals surface area contributed by atoms with Crippen LogP contribution < -0.4 is 0 Å². The maximum Gasteiger partial charge on any atom is 0.257 e. The van der Waals surface area contributed by atoms with Crippen LogP contribution in [0.3, 0.4) is 0 Å². The molecule has 0 aliphatic carbocycles. The van der Waals surface area contributed by atoms with Gasteiger partial charge in [-0.3, -0.25) is 9.80 Å². The third-order valence-corrected chi connectivity index (χ3v) is 6.70. The predicted octanol–water partition coefficient (Wildman–Crippen LogP) is 4.30. The van der Waals surface area contributed by atoms with Crippen LogP contribution in [0.25, 0.3) is 10.8 Å². The number of hydrogen-bond acceptors (Lipinski definition) is 6. The number of aromatic nitrogens is 2. The van der Waals surface area contributed by atoms with Crippen LogP contribution in [0.4, 0.5) is 0 Å². The molecule has 1 saturated heterocycles. The normalized spacial score (nSPS) is 16.0. The molecule has 6 heteroatoms. The molecule has 3 aromatic rings. The van der Waals surface area contributed by atoms with Crippen molar-refractivity contribution in [1.29, 1.82) is 0 Å². The Morgan fingerprint density at radius 1 is 1.00 bits per heavy atom. The Balaban J connectivity index is 1.31. The van der Waals surface area contributed by atoms with Gasteiger partial charge in [-0.1, -0.05) is 36.8 Å². The molecule has 4 rings (SSSR count). The maximum atomic E-state index is 5.95. The average molecular weight is 397 g/mol. The van der Waals surface area contributed by atoms with Crippen molar-refractivity contribution in [2.24, 2.45) is 0 Å². The maximum absolute atomic E-state index is 5.95. The number of rotatable bonds is 6. The average Bonchev–Trinajstić information content (AvgIpc) is 3.29. The lowest BCUT2D eigenvalue weighted by atomic mass is 10.1. The van der Waals surface area contributed by atoms with Gasteiger partial charge in [0.25, 0.3) is 5.89 Å². The number of hydrogen-bond donors (Lipinski definition) is 0. The minimum Gasteiger partial charge on any atom is -0.419 e.